The molecule has 0 unspecified atom stereocenters. The summed E-state index contributed by atoms with van der Waals surface area (Å²) in [5.74, 6) is 0.553. The number of hydrogen-bond donors (Lipinski definition) is 1. The van der Waals surface area contributed by atoms with Crippen molar-refractivity contribution in [3.8, 4) is 5.75 Å². The zero-order chi connectivity index (χ0) is 22.3. The maximum Gasteiger partial charge on any atom is 0.254 e. The minimum atomic E-state index is -0.168. The second-order valence-corrected chi connectivity index (χ2v) is 8.50. The van der Waals surface area contributed by atoms with Gasteiger partial charge in [0, 0.05) is 36.6 Å². The molecule has 2 aliphatic heterocycles. The van der Waals surface area contributed by atoms with Gasteiger partial charge in [-0.2, -0.15) is 0 Å². The van der Waals surface area contributed by atoms with Gasteiger partial charge in [0.05, 0.1) is 6.61 Å². The zero-order valence-electron chi connectivity index (χ0n) is 18.5. The van der Waals surface area contributed by atoms with Crippen molar-refractivity contribution >= 4 is 23.2 Å². The molecule has 0 radical (unpaired) electrons. The second kappa shape index (κ2) is 10.5. The van der Waals surface area contributed by atoms with Gasteiger partial charge in [0.1, 0.15) is 12.3 Å². The molecule has 0 atom stereocenters. The Balaban J connectivity index is 1.25. The Labute approximate surface area is 189 Å². The lowest BCUT2D eigenvalue weighted by molar-refractivity contribution is -0.120. The van der Waals surface area contributed by atoms with E-state index in [0.717, 1.165) is 24.4 Å². The molecule has 0 aliphatic carbocycles. The average molecular weight is 437 g/mol. The highest BCUT2D eigenvalue weighted by atomic mass is 16.5. The fraction of sp³-hybridized carbons (Fsp3) is 0.440. The summed E-state index contributed by atoms with van der Waals surface area (Å²) in [6.45, 7) is 5.20. The molecule has 0 saturated carbocycles. The zero-order valence-corrected chi connectivity index (χ0v) is 18.5. The molecule has 2 amide bonds. The van der Waals surface area contributed by atoms with Crippen LogP contribution in [0.4, 0.5) is 11.4 Å². The lowest BCUT2D eigenvalue weighted by atomic mass is 10.1. The molecule has 0 aromatic heterocycles. The van der Waals surface area contributed by atoms with E-state index in [1.54, 1.807) is 34.1 Å². The highest BCUT2D eigenvalue weighted by molar-refractivity contribution is 6.02. The fourth-order valence-corrected chi connectivity index (χ4v) is 4.36. The first-order valence-corrected chi connectivity index (χ1v) is 11.5. The Hall–Kier alpha value is -3.06. The molecule has 0 spiro atoms. The molecular weight excluding hydrogens is 404 g/mol. The number of carbonyl (C=O) groups excluding carboxylic acids is 2. The molecule has 2 saturated heterocycles. The van der Waals surface area contributed by atoms with Crippen LogP contribution in [0, 0.1) is 0 Å². The van der Waals surface area contributed by atoms with E-state index in [0.29, 0.717) is 30.9 Å². The Morgan fingerprint density at radius 2 is 1.75 bits per heavy atom. The quantitative estimate of drug-likeness (QED) is 0.533. The number of likely N-dealkylation sites (tertiary alicyclic amines) is 1. The average Bonchev–Trinajstić information content (AvgIpc) is 2.82. The number of anilines is 2. The topological polar surface area (TPSA) is 79.1 Å². The van der Waals surface area contributed by atoms with Gasteiger partial charge < -0.3 is 25.2 Å². The van der Waals surface area contributed by atoms with Crippen molar-refractivity contribution in [2.24, 2.45) is 0 Å². The minimum Gasteiger partial charge on any atom is -0.494 e. The summed E-state index contributed by atoms with van der Waals surface area (Å²) < 4.78 is 5.88. The molecule has 32 heavy (non-hydrogen) atoms. The summed E-state index contributed by atoms with van der Waals surface area (Å²) in [5, 5.41) is 0. The summed E-state index contributed by atoms with van der Waals surface area (Å²) in [5.41, 5.74) is 7.65. The van der Waals surface area contributed by atoms with Gasteiger partial charge in [-0.15, -0.1) is 0 Å². The summed E-state index contributed by atoms with van der Waals surface area (Å²) in [4.78, 5) is 31.2. The van der Waals surface area contributed by atoms with Crippen LogP contribution < -0.4 is 15.4 Å². The minimum absolute atomic E-state index is 0.0579. The molecule has 2 fully saturated rings. The monoisotopic (exact) mass is 436 g/mol. The van der Waals surface area contributed by atoms with Crippen LogP contribution >= 0.6 is 0 Å². The molecule has 170 valence electrons. The number of piperazine rings is 1. The summed E-state index contributed by atoms with van der Waals surface area (Å²) >= 11 is 0. The number of rotatable bonds is 7. The van der Waals surface area contributed by atoms with Crippen LogP contribution in [0.1, 0.15) is 36.0 Å². The van der Waals surface area contributed by atoms with E-state index in [1.165, 1.54) is 32.4 Å². The third-order valence-electron chi connectivity index (χ3n) is 6.13. The molecule has 4 rings (SSSR count). The van der Waals surface area contributed by atoms with Crippen LogP contribution in [-0.2, 0) is 4.79 Å². The number of ether oxygens (including phenoxy) is 1. The van der Waals surface area contributed by atoms with Gasteiger partial charge >= 0.3 is 0 Å². The Morgan fingerprint density at radius 1 is 0.969 bits per heavy atom. The molecule has 7 nitrogen and oxygen atoms in total. The smallest absolute Gasteiger partial charge is 0.254 e. The number of nitrogens with two attached hydrogens (primary N) is 1. The lowest BCUT2D eigenvalue weighted by Crippen LogP contribution is -2.52. The van der Waals surface area contributed by atoms with E-state index in [1.807, 2.05) is 24.3 Å². The molecule has 2 aromatic carbocycles. The number of hydrogen-bond acceptors (Lipinski definition) is 5. The number of piperidine rings is 1. The van der Waals surface area contributed by atoms with Gasteiger partial charge in [-0.3, -0.25) is 9.59 Å². The predicted octanol–water partition coefficient (Wildman–Crippen LogP) is 3.01. The first kappa shape index (κ1) is 22.1. The second-order valence-electron chi connectivity index (χ2n) is 8.50. The number of carbonyl (C=O) groups is 2. The first-order chi connectivity index (χ1) is 15.6. The van der Waals surface area contributed by atoms with Gasteiger partial charge in [0.25, 0.3) is 5.91 Å². The van der Waals surface area contributed by atoms with Crippen molar-refractivity contribution in [1.82, 2.24) is 9.80 Å². The number of nitrogens with zero attached hydrogens (tertiary/aromatic N) is 3. The molecule has 7 heteroatoms. The van der Waals surface area contributed by atoms with Crippen LogP contribution in [-0.4, -0.2) is 67.5 Å². The van der Waals surface area contributed by atoms with Crippen molar-refractivity contribution in [3.63, 3.8) is 0 Å². The Morgan fingerprint density at radius 3 is 2.47 bits per heavy atom. The maximum absolute atomic E-state index is 12.7. The fourth-order valence-electron chi connectivity index (χ4n) is 4.36. The van der Waals surface area contributed by atoms with Crippen LogP contribution in [0.25, 0.3) is 0 Å². The van der Waals surface area contributed by atoms with Gasteiger partial charge in [-0.1, -0.05) is 12.5 Å². The number of amides is 2. The largest absolute Gasteiger partial charge is 0.494 e. The number of nitrogen functional groups attached to an aromatic ring is 1. The van der Waals surface area contributed by atoms with Gasteiger partial charge in [0.15, 0.2) is 0 Å². The van der Waals surface area contributed by atoms with E-state index in [-0.39, 0.29) is 18.4 Å². The predicted molar refractivity (Wildman–Crippen MR) is 126 cm³/mol. The van der Waals surface area contributed by atoms with E-state index in [9.17, 15) is 9.59 Å². The lowest BCUT2D eigenvalue weighted by Gasteiger charge is -2.34. The third-order valence-corrected chi connectivity index (χ3v) is 6.13. The van der Waals surface area contributed by atoms with Crippen LogP contribution in [0.15, 0.2) is 48.5 Å². The van der Waals surface area contributed by atoms with E-state index < -0.39 is 0 Å². The van der Waals surface area contributed by atoms with Gasteiger partial charge in [-0.05, 0) is 74.8 Å². The van der Waals surface area contributed by atoms with Crippen molar-refractivity contribution in [1.29, 1.82) is 0 Å². The molecular formula is C25H32N4O3. The first-order valence-electron chi connectivity index (χ1n) is 11.5. The van der Waals surface area contributed by atoms with Crippen LogP contribution in [0.2, 0.25) is 0 Å². The summed E-state index contributed by atoms with van der Waals surface area (Å²) in [7, 11) is 0. The summed E-state index contributed by atoms with van der Waals surface area (Å²) in [6, 6.07) is 14.5. The van der Waals surface area contributed by atoms with Crippen molar-refractivity contribution in [3.05, 3.63) is 54.1 Å². The van der Waals surface area contributed by atoms with Crippen LogP contribution in [0.5, 0.6) is 5.75 Å². The van der Waals surface area contributed by atoms with E-state index >= 15 is 0 Å². The Bertz CT molecular complexity index is 925. The molecule has 2 aliphatic rings. The highest BCUT2D eigenvalue weighted by Gasteiger charge is 2.28. The highest BCUT2D eigenvalue weighted by Crippen LogP contribution is 2.22. The van der Waals surface area contributed by atoms with Crippen molar-refractivity contribution in [2.45, 2.75) is 25.7 Å². The van der Waals surface area contributed by atoms with Gasteiger partial charge in [-0.25, -0.2) is 0 Å². The number of benzene rings is 2. The normalized spacial score (nSPS) is 17.4. The summed E-state index contributed by atoms with van der Waals surface area (Å²) in [6.07, 6.45) is 4.99. The third kappa shape index (κ3) is 5.59. The van der Waals surface area contributed by atoms with E-state index in [2.05, 4.69) is 4.90 Å². The maximum atomic E-state index is 12.7. The standard InChI is InChI=1S/C25H32N4O3/c26-21-7-4-6-20(18-21)25(31)28-15-16-29(24(30)19-28)22-8-10-23(11-9-22)32-17-5-14-27-12-2-1-3-13-27/h4,6-11,18H,1-3,5,12-17,19,26H2. The Kier molecular flexibility index (Phi) is 7.27. The van der Waals surface area contributed by atoms with Gasteiger partial charge in [0.2, 0.25) is 5.91 Å². The van der Waals surface area contributed by atoms with E-state index in [4.69, 9.17) is 10.5 Å². The SMILES string of the molecule is Nc1cccc(C(=O)N2CCN(c3ccc(OCCCN4CCCCC4)cc3)C(=O)C2)c1. The van der Waals surface area contributed by atoms with Crippen molar-refractivity contribution < 1.29 is 14.3 Å². The van der Waals surface area contributed by atoms with Crippen LogP contribution in [0.3, 0.4) is 0 Å². The molecule has 0 bridgehead atoms. The molecule has 2 aromatic rings. The molecule has 2 heterocycles. The molecule has 2 N–H and O–H groups in total. The van der Waals surface area contributed by atoms with Crippen molar-refractivity contribution in [2.75, 3.05) is 56.5 Å².